The average Bonchev–Trinajstić information content (AvgIpc) is 2.58. The first-order valence-corrected chi connectivity index (χ1v) is 8.86. The van der Waals surface area contributed by atoms with Crippen LogP contribution in [0.1, 0.15) is 39.3 Å². The summed E-state index contributed by atoms with van der Waals surface area (Å²) < 4.78 is 37.8. The number of amides is 1. The Hall–Kier alpha value is -2.55. The van der Waals surface area contributed by atoms with E-state index in [1.807, 2.05) is 13.8 Å². The Morgan fingerprint density at radius 1 is 1.25 bits per heavy atom. The molecule has 1 atom stereocenters. The van der Waals surface area contributed by atoms with Gasteiger partial charge in [0.15, 0.2) is 0 Å². The normalized spacial score (nSPS) is 13.4. The summed E-state index contributed by atoms with van der Waals surface area (Å²) in [6.07, 6.45) is -2.02. The third-order valence-corrected chi connectivity index (χ3v) is 3.88. The van der Waals surface area contributed by atoms with Gasteiger partial charge in [-0.1, -0.05) is 13.8 Å². The number of halogens is 3. The van der Waals surface area contributed by atoms with Crippen molar-refractivity contribution in [3.63, 3.8) is 0 Å². The Morgan fingerprint density at radius 3 is 2.50 bits per heavy atom. The van der Waals surface area contributed by atoms with Crippen LogP contribution in [0.25, 0.3) is 11.4 Å². The lowest BCUT2D eigenvalue weighted by molar-refractivity contribution is -0.0197. The summed E-state index contributed by atoms with van der Waals surface area (Å²) in [7, 11) is 0. The minimum atomic E-state index is -2.89. The summed E-state index contributed by atoms with van der Waals surface area (Å²) in [5.41, 5.74) is 4.00. The molecule has 10 heteroatoms. The molecule has 2 aromatic heterocycles. The van der Waals surface area contributed by atoms with Gasteiger partial charge in [-0.05, 0) is 49.1 Å². The second kappa shape index (κ2) is 9.09. The summed E-state index contributed by atoms with van der Waals surface area (Å²) in [4.78, 5) is 22.9. The number of hydrogen-bond donors (Lipinski definition) is 1. The van der Waals surface area contributed by atoms with Crippen LogP contribution in [-0.4, -0.2) is 33.3 Å². The summed E-state index contributed by atoms with van der Waals surface area (Å²) in [5.74, 6) is 0.0347. The standard InChI is InChI=1S/C18H21ClF2N4O3/c1-10(2)8-18(3,28-17(22)26)9-27-13-5-4-11(24-14(13)15(20)21)12-6-7-23-16(19)25-12/h4-7,10,15H,8-9H2,1-3H3,(H2,22,26)/t18-/m0/s1. The zero-order chi connectivity index (χ0) is 20.9. The Labute approximate surface area is 166 Å². The molecule has 0 bridgehead atoms. The van der Waals surface area contributed by atoms with E-state index in [-0.39, 0.29) is 29.3 Å². The molecule has 2 rings (SSSR count). The average molecular weight is 415 g/mol. The van der Waals surface area contributed by atoms with Gasteiger partial charge in [-0.15, -0.1) is 0 Å². The van der Waals surface area contributed by atoms with E-state index in [9.17, 15) is 13.6 Å². The fourth-order valence-electron chi connectivity index (χ4n) is 2.83. The highest BCUT2D eigenvalue weighted by molar-refractivity contribution is 6.28. The second-order valence-electron chi connectivity index (χ2n) is 6.85. The molecule has 0 aliphatic carbocycles. The van der Waals surface area contributed by atoms with E-state index < -0.39 is 23.8 Å². The topological polar surface area (TPSA) is 100 Å². The molecule has 7 nitrogen and oxygen atoms in total. The molecular weight excluding hydrogens is 394 g/mol. The Bertz CT molecular complexity index is 838. The molecule has 0 aromatic carbocycles. The lowest BCUT2D eigenvalue weighted by Crippen LogP contribution is -2.41. The van der Waals surface area contributed by atoms with Gasteiger partial charge >= 0.3 is 6.09 Å². The molecule has 152 valence electrons. The molecule has 0 aliphatic heterocycles. The highest BCUT2D eigenvalue weighted by Crippen LogP contribution is 2.31. The quantitative estimate of drug-likeness (QED) is 0.642. The van der Waals surface area contributed by atoms with Crippen molar-refractivity contribution < 1.29 is 23.0 Å². The molecular formula is C18H21ClF2N4O3. The molecule has 0 radical (unpaired) electrons. The number of hydrogen-bond acceptors (Lipinski definition) is 6. The number of ether oxygens (including phenoxy) is 2. The van der Waals surface area contributed by atoms with Gasteiger partial charge < -0.3 is 15.2 Å². The number of primary amides is 1. The summed E-state index contributed by atoms with van der Waals surface area (Å²) in [6.45, 7) is 5.32. The van der Waals surface area contributed by atoms with Gasteiger partial charge in [0, 0.05) is 6.20 Å². The molecule has 0 unspecified atom stereocenters. The maximum absolute atomic E-state index is 13.5. The van der Waals surface area contributed by atoms with Crippen LogP contribution in [0.5, 0.6) is 5.75 Å². The van der Waals surface area contributed by atoms with Gasteiger partial charge in [-0.25, -0.2) is 28.5 Å². The van der Waals surface area contributed by atoms with Crippen molar-refractivity contribution in [2.45, 2.75) is 39.2 Å². The predicted octanol–water partition coefficient (Wildman–Crippen LogP) is 4.41. The fraction of sp³-hybridized carbons (Fsp3) is 0.444. The van der Waals surface area contributed by atoms with Crippen LogP contribution in [0.3, 0.4) is 0 Å². The fourth-order valence-corrected chi connectivity index (χ4v) is 2.98. The monoisotopic (exact) mass is 414 g/mol. The van der Waals surface area contributed by atoms with Crippen molar-refractivity contribution in [2.75, 3.05) is 6.61 Å². The highest BCUT2D eigenvalue weighted by atomic mass is 35.5. The number of aromatic nitrogens is 3. The van der Waals surface area contributed by atoms with E-state index in [2.05, 4.69) is 15.0 Å². The third kappa shape index (κ3) is 5.98. The van der Waals surface area contributed by atoms with Crippen LogP contribution in [0, 0.1) is 5.92 Å². The van der Waals surface area contributed by atoms with Crippen LogP contribution in [-0.2, 0) is 4.74 Å². The Balaban J connectivity index is 2.28. The third-order valence-electron chi connectivity index (χ3n) is 3.70. The molecule has 0 aliphatic rings. The van der Waals surface area contributed by atoms with Crippen molar-refractivity contribution in [1.82, 2.24) is 15.0 Å². The number of carbonyl (C=O) groups excluding carboxylic acids is 1. The maximum Gasteiger partial charge on any atom is 0.405 e. The van der Waals surface area contributed by atoms with Crippen LogP contribution in [0.15, 0.2) is 24.4 Å². The van der Waals surface area contributed by atoms with Crippen molar-refractivity contribution in [3.8, 4) is 17.1 Å². The Kier molecular flexibility index (Phi) is 7.06. The van der Waals surface area contributed by atoms with Gasteiger partial charge in [0.1, 0.15) is 23.7 Å². The molecule has 0 spiro atoms. The minimum Gasteiger partial charge on any atom is -0.487 e. The first-order chi connectivity index (χ1) is 13.1. The van der Waals surface area contributed by atoms with Gasteiger partial charge in [0.25, 0.3) is 6.43 Å². The van der Waals surface area contributed by atoms with Crippen molar-refractivity contribution in [1.29, 1.82) is 0 Å². The summed E-state index contributed by atoms with van der Waals surface area (Å²) in [5, 5.41) is -0.0220. The van der Waals surface area contributed by atoms with Crippen molar-refractivity contribution >= 4 is 17.7 Å². The molecule has 2 heterocycles. The van der Waals surface area contributed by atoms with Gasteiger partial charge in [0.2, 0.25) is 5.28 Å². The lowest BCUT2D eigenvalue weighted by Gasteiger charge is -2.30. The number of carbonyl (C=O) groups is 1. The smallest absolute Gasteiger partial charge is 0.405 e. The van der Waals surface area contributed by atoms with Crippen LogP contribution < -0.4 is 10.5 Å². The van der Waals surface area contributed by atoms with Gasteiger partial charge in [-0.2, -0.15) is 0 Å². The van der Waals surface area contributed by atoms with Crippen LogP contribution >= 0.6 is 11.6 Å². The van der Waals surface area contributed by atoms with E-state index in [1.54, 1.807) is 6.92 Å². The molecule has 1 amide bonds. The zero-order valence-corrected chi connectivity index (χ0v) is 16.4. The first-order valence-electron chi connectivity index (χ1n) is 8.49. The molecule has 0 saturated heterocycles. The van der Waals surface area contributed by atoms with Crippen molar-refractivity contribution in [2.24, 2.45) is 11.7 Å². The van der Waals surface area contributed by atoms with Crippen LogP contribution in [0.4, 0.5) is 13.6 Å². The van der Waals surface area contributed by atoms with Crippen LogP contribution in [0.2, 0.25) is 5.28 Å². The van der Waals surface area contributed by atoms with Gasteiger partial charge in [-0.3, -0.25) is 0 Å². The molecule has 2 N–H and O–H groups in total. The number of rotatable bonds is 8. The number of alkyl halides is 2. The Morgan fingerprint density at radius 2 is 1.93 bits per heavy atom. The second-order valence-corrected chi connectivity index (χ2v) is 7.19. The lowest BCUT2D eigenvalue weighted by atomic mass is 9.95. The minimum absolute atomic E-state index is 0.0220. The zero-order valence-electron chi connectivity index (χ0n) is 15.7. The van der Waals surface area contributed by atoms with E-state index in [4.69, 9.17) is 26.8 Å². The van der Waals surface area contributed by atoms with E-state index in [1.165, 1.54) is 24.4 Å². The molecule has 28 heavy (non-hydrogen) atoms. The summed E-state index contributed by atoms with van der Waals surface area (Å²) >= 11 is 5.74. The highest BCUT2D eigenvalue weighted by Gasteiger charge is 2.31. The number of nitrogens with zero attached hydrogens (tertiary/aromatic N) is 3. The van der Waals surface area contributed by atoms with E-state index in [0.29, 0.717) is 12.1 Å². The van der Waals surface area contributed by atoms with Crippen molar-refractivity contribution in [3.05, 3.63) is 35.4 Å². The first kappa shape index (κ1) is 21.7. The largest absolute Gasteiger partial charge is 0.487 e. The van der Waals surface area contributed by atoms with E-state index >= 15 is 0 Å². The number of nitrogens with two attached hydrogens (primary N) is 1. The molecule has 0 saturated carbocycles. The number of pyridine rings is 1. The summed E-state index contributed by atoms with van der Waals surface area (Å²) in [6, 6.07) is 4.35. The predicted molar refractivity (Wildman–Crippen MR) is 99.3 cm³/mol. The molecule has 2 aromatic rings. The molecule has 0 fully saturated rings. The SMILES string of the molecule is CC(C)C[C@@](C)(COc1ccc(-c2ccnc(Cl)n2)nc1C(F)F)OC(N)=O. The maximum atomic E-state index is 13.5. The van der Waals surface area contributed by atoms with Gasteiger partial charge in [0.05, 0.1) is 11.4 Å². The van der Waals surface area contributed by atoms with E-state index in [0.717, 1.165) is 0 Å².